The number of rotatable bonds is 10. The molecule has 2 amide bonds. The van der Waals surface area contributed by atoms with Gasteiger partial charge in [0.15, 0.2) is 0 Å². The second kappa shape index (κ2) is 14.1. The van der Waals surface area contributed by atoms with Gasteiger partial charge >= 0.3 is 6.03 Å². The molecule has 2 fully saturated rings. The molecule has 1 atom stereocenters. The van der Waals surface area contributed by atoms with Gasteiger partial charge in [-0.15, -0.1) is 11.6 Å². The van der Waals surface area contributed by atoms with Crippen molar-refractivity contribution in [2.45, 2.75) is 31.8 Å². The molecule has 0 radical (unpaired) electrons. The van der Waals surface area contributed by atoms with Crippen LogP contribution < -0.4 is 20.8 Å². The minimum Gasteiger partial charge on any atom is -0.486 e. The van der Waals surface area contributed by atoms with E-state index in [9.17, 15) is 9.18 Å². The molecule has 0 saturated carbocycles. The SMILES string of the molecule is O=C(N/N=C/C1CCN(CCCCl)CC1)Nc1cc2c(Nc3ccc(F)c(Cl)c3)ncnc2cc1OC1CCOC1. The van der Waals surface area contributed by atoms with Crippen LogP contribution in [-0.2, 0) is 4.74 Å². The molecule has 41 heavy (non-hydrogen) atoms. The molecule has 218 valence electrons. The van der Waals surface area contributed by atoms with Crippen LogP contribution in [0.2, 0.25) is 5.02 Å². The Bertz CT molecular complexity index is 1380. The minimum absolute atomic E-state index is 0.0145. The van der Waals surface area contributed by atoms with Gasteiger partial charge in [-0.1, -0.05) is 11.6 Å². The Kier molecular flexibility index (Phi) is 10.0. The molecule has 0 spiro atoms. The van der Waals surface area contributed by atoms with E-state index in [4.69, 9.17) is 32.7 Å². The molecule has 3 heterocycles. The van der Waals surface area contributed by atoms with Crippen molar-refractivity contribution in [2.24, 2.45) is 11.0 Å². The normalized spacial score (nSPS) is 18.2. The number of ether oxygens (including phenoxy) is 2. The van der Waals surface area contributed by atoms with Crippen LogP contribution in [0.15, 0.2) is 41.8 Å². The first kappa shape index (κ1) is 29.2. The molecule has 3 N–H and O–H groups in total. The largest absolute Gasteiger partial charge is 0.486 e. The van der Waals surface area contributed by atoms with Crippen LogP contribution in [0.4, 0.5) is 26.4 Å². The summed E-state index contributed by atoms with van der Waals surface area (Å²) < 4.78 is 25.3. The second-order valence-corrected chi connectivity index (χ2v) is 10.8. The number of alkyl halides is 1. The molecular formula is C28H32Cl2FN7O3. The maximum Gasteiger partial charge on any atom is 0.339 e. The van der Waals surface area contributed by atoms with E-state index in [1.54, 1.807) is 24.4 Å². The highest BCUT2D eigenvalue weighted by atomic mass is 35.5. The third-order valence-corrected chi connectivity index (χ3v) is 7.60. The van der Waals surface area contributed by atoms with Crippen molar-refractivity contribution in [2.75, 3.05) is 49.4 Å². The Labute approximate surface area is 247 Å². The second-order valence-electron chi connectivity index (χ2n) is 10.0. The number of carbonyl (C=O) groups is 1. The highest BCUT2D eigenvalue weighted by molar-refractivity contribution is 6.31. The fourth-order valence-corrected chi connectivity index (χ4v) is 5.14. The fraction of sp³-hybridized carbons (Fsp3) is 0.429. The van der Waals surface area contributed by atoms with Crippen LogP contribution in [0.25, 0.3) is 10.9 Å². The zero-order valence-corrected chi connectivity index (χ0v) is 23.9. The maximum atomic E-state index is 13.7. The third kappa shape index (κ3) is 7.94. The van der Waals surface area contributed by atoms with Gasteiger partial charge in [-0.2, -0.15) is 5.10 Å². The van der Waals surface area contributed by atoms with Crippen LogP contribution in [-0.4, -0.2) is 71.9 Å². The van der Waals surface area contributed by atoms with Crippen LogP contribution in [0.5, 0.6) is 5.75 Å². The van der Waals surface area contributed by atoms with Crippen molar-refractivity contribution in [3.05, 3.63) is 47.5 Å². The molecule has 10 nitrogen and oxygen atoms in total. The summed E-state index contributed by atoms with van der Waals surface area (Å²) in [6.45, 7) is 4.06. The summed E-state index contributed by atoms with van der Waals surface area (Å²) in [5, 5.41) is 10.8. The smallest absolute Gasteiger partial charge is 0.339 e. The fourth-order valence-electron chi connectivity index (χ4n) is 4.84. The zero-order valence-electron chi connectivity index (χ0n) is 22.4. The van der Waals surface area contributed by atoms with E-state index in [0.717, 1.165) is 45.3 Å². The van der Waals surface area contributed by atoms with Gasteiger partial charge in [0.05, 0.1) is 29.4 Å². The number of hydrazone groups is 1. The lowest BCUT2D eigenvalue weighted by atomic mass is 9.98. The first-order valence-electron chi connectivity index (χ1n) is 13.6. The number of hydrogen-bond donors (Lipinski definition) is 3. The number of fused-ring (bicyclic) bond motifs is 1. The van der Waals surface area contributed by atoms with Crippen LogP contribution >= 0.6 is 23.2 Å². The number of hydrogen-bond acceptors (Lipinski definition) is 8. The summed E-state index contributed by atoms with van der Waals surface area (Å²) in [4.78, 5) is 24.0. The number of likely N-dealkylation sites (tertiary alicyclic amines) is 1. The zero-order chi connectivity index (χ0) is 28.6. The molecule has 2 aliphatic heterocycles. The Morgan fingerprint density at radius 3 is 2.83 bits per heavy atom. The van der Waals surface area contributed by atoms with E-state index >= 15 is 0 Å². The number of aromatic nitrogens is 2. The van der Waals surface area contributed by atoms with Crippen molar-refractivity contribution in [3.63, 3.8) is 0 Å². The monoisotopic (exact) mass is 603 g/mol. The van der Waals surface area contributed by atoms with Crippen LogP contribution in [0.1, 0.15) is 25.7 Å². The van der Waals surface area contributed by atoms with Crippen molar-refractivity contribution in [3.8, 4) is 5.75 Å². The Balaban J connectivity index is 1.31. The molecule has 2 saturated heterocycles. The number of piperidine rings is 1. The first-order valence-corrected chi connectivity index (χ1v) is 14.5. The number of anilines is 3. The van der Waals surface area contributed by atoms with E-state index < -0.39 is 11.8 Å². The van der Waals surface area contributed by atoms with E-state index in [2.05, 4.69) is 36.0 Å². The number of amides is 2. The summed E-state index contributed by atoms with van der Waals surface area (Å²) in [5.74, 6) is 1.36. The predicted octanol–water partition coefficient (Wildman–Crippen LogP) is 5.78. The van der Waals surface area contributed by atoms with Gasteiger partial charge in [-0.3, -0.25) is 0 Å². The van der Waals surface area contributed by atoms with E-state index in [-0.39, 0.29) is 11.1 Å². The highest BCUT2D eigenvalue weighted by Gasteiger charge is 2.21. The molecule has 2 aromatic carbocycles. The molecule has 0 aliphatic carbocycles. The number of nitrogens with zero attached hydrogens (tertiary/aromatic N) is 4. The molecule has 13 heteroatoms. The molecule has 2 aliphatic rings. The summed E-state index contributed by atoms with van der Waals surface area (Å²) in [5.41, 5.74) is 4.12. The topological polar surface area (TPSA) is 113 Å². The lowest BCUT2D eigenvalue weighted by molar-refractivity contribution is 0.142. The van der Waals surface area contributed by atoms with Crippen LogP contribution in [0.3, 0.4) is 0 Å². The lowest BCUT2D eigenvalue weighted by Crippen LogP contribution is -2.35. The van der Waals surface area contributed by atoms with Crippen LogP contribution in [0, 0.1) is 11.7 Å². The predicted molar refractivity (Wildman–Crippen MR) is 159 cm³/mol. The number of urea groups is 1. The molecule has 0 bridgehead atoms. The molecule has 3 aromatic rings. The number of nitrogens with one attached hydrogen (secondary N) is 3. The third-order valence-electron chi connectivity index (χ3n) is 7.04. The Hall–Kier alpha value is -3.25. The van der Waals surface area contributed by atoms with Crippen molar-refractivity contribution in [1.29, 1.82) is 0 Å². The van der Waals surface area contributed by atoms with Crippen molar-refractivity contribution >= 4 is 63.5 Å². The van der Waals surface area contributed by atoms with Gasteiger partial charge in [-0.25, -0.2) is 24.6 Å². The standard InChI is InChI=1S/C28H32Cl2FN7O3/c29-7-1-8-38-9-4-18(5-10-38)15-34-37-28(39)36-25-13-21-24(14-26(25)41-20-6-11-40-16-20)32-17-33-27(21)35-19-2-3-23(31)22(30)12-19/h2-3,12-15,17-18,20H,1,4-11,16H2,(H,32,33,35)(H2,36,37,39)/b34-15+. The summed E-state index contributed by atoms with van der Waals surface area (Å²) in [7, 11) is 0. The Morgan fingerprint density at radius 1 is 1.22 bits per heavy atom. The summed E-state index contributed by atoms with van der Waals surface area (Å²) in [6, 6.07) is 7.26. The van der Waals surface area contributed by atoms with Gasteiger partial charge in [0.25, 0.3) is 0 Å². The van der Waals surface area contributed by atoms with E-state index in [0.29, 0.717) is 58.9 Å². The molecule has 1 unspecified atom stereocenters. The van der Waals surface area contributed by atoms with E-state index in [1.807, 2.05) is 0 Å². The number of benzene rings is 2. The average Bonchev–Trinajstić information content (AvgIpc) is 3.48. The van der Waals surface area contributed by atoms with Gasteiger partial charge in [0.1, 0.15) is 29.8 Å². The minimum atomic E-state index is -0.518. The number of halogens is 3. The molecule has 5 rings (SSSR count). The van der Waals surface area contributed by atoms with E-state index in [1.165, 1.54) is 18.5 Å². The van der Waals surface area contributed by atoms with Gasteiger partial charge < -0.3 is 25.0 Å². The molecular weight excluding hydrogens is 572 g/mol. The van der Waals surface area contributed by atoms with Crippen molar-refractivity contribution < 1.29 is 18.7 Å². The lowest BCUT2D eigenvalue weighted by Gasteiger charge is -2.29. The molecule has 1 aromatic heterocycles. The van der Waals surface area contributed by atoms with Gasteiger partial charge in [0, 0.05) is 35.7 Å². The van der Waals surface area contributed by atoms with Gasteiger partial charge in [-0.05, 0) is 69.1 Å². The quantitative estimate of drug-likeness (QED) is 0.153. The van der Waals surface area contributed by atoms with Crippen molar-refractivity contribution in [1.82, 2.24) is 20.3 Å². The number of carbonyl (C=O) groups excluding carboxylic acids is 1. The maximum absolute atomic E-state index is 13.7. The summed E-state index contributed by atoms with van der Waals surface area (Å²) >= 11 is 11.8. The highest BCUT2D eigenvalue weighted by Crippen LogP contribution is 2.35. The van der Waals surface area contributed by atoms with Gasteiger partial charge in [0.2, 0.25) is 0 Å². The Morgan fingerprint density at radius 2 is 2.07 bits per heavy atom. The average molecular weight is 605 g/mol. The first-order chi connectivity index (χ1) is 20.0. The summed E-state index contributed by atoms with van der Waals surface area (Å²) in [6.07, 6.45) is 6.75.